The number of amides is 2. The van der Waals surface area contributed by atoms with Gasteiger partial charge in [0.1, 0.15) is 5.60 Å². The number of nitrogens with zero attached hydrogens (tertiary/aromatic N) is 2. The quantitative estimate of drug-likeness (QED) is 0.701. The lowest BCUT2D eigenvalue weighted by molar-refractivity contribution is -0.122. The maximum Gasteiger partial charge on any atom is 0.410 e. The molecular formula is C20H25ClN2O5. The molecule has 0 N–H and O–H groups in total. The van der Waals surface area contributed by atoms with Crippen LogP contribution in [-0.2, 0) is 14.3 Å². The van der Waals surface area contributed by atoms with Gasteiger partial charge in [-0.1, -0.05) is 11.6 Å². The van der Waals surface area contributed by atoms with Crippen LogP contribution in [0.5, 0.6) is 0 Å². The van der Waals surface area contributed by atoms with Gasteiger partial charge in [-0.05, 0) is 45.4 Å². The summed E-state index contributed by atoms with van der Waals surface area (Å²) in [6.07, 6.45) is 0.259. The Morgan fingerprint density at radius 3 is 2.54 bits per heavy atom. The Labute approximate surface area is 169 Å². The average Bonchev–Trinajstić information content (AvgIpc) is 2.95. The molecule has 0 unspecified atom stereocenters. The van der Waals surface area contributed by atoms with E-state index in [0.29, 0.717) is 31.7 Å². The molecule has 8 heteroatoms. The number of hydrogen-bond acceptors (Lipinski definition) is 5. The normalized spacial score (nSPS) is 22.1. The number of ether oxygens (including phenoxy) is 2. The van der Waals surface area contributed by atoms with E-state index in [9.17, 15) is 14.4 Å². The summed E-state index contributed by atoms with van der Waals surface area (Å²) in [5, 5.41) is 0.238. The van der Waals surface area contributed by atoms with E-state index in [-0.39, 0.29) is 34.4 Å². The van der Waals surface area contributed by atoms with Crippen LogP contribution in [0.1, 0.15) is 37.6 Å². The van der Waals surface area contributed by atoms with Crippen LogP contribution in [0.25, 0.3) is 0 Å². The number of fused-ring (bicyclic) bond motifs is 1. The van der Waals surface area contributed by atoms with Gasteiger partial charge in [0, 0.05) is 37.2 Å². The fraction of sp³-hybridized carbons (Fsp3) is 0.550. The monoisotopic (exact) mass is 408 g/mol. The summed E-state index contributed by atoms with van der Waals surface area (Å²) in [6.45, 7) is 6.98. The number of likely N-dealkylation sites (tertiary alicyclic amines) is 1. The molecule has 2 aliphatic heterocycles. The van der Waals surface area contributed by atoms with Crippen molar-refractivity contribution in [2.24, 2.45) is 11.8 Å². The highest BCUT2D eigenvalue weighted by atomic mass is 35.5. The molecule has 2 heterocycles. The van der Waals surface area contributed by atoms with E-state index in [1.807, 2.05) is 20.8 Å². The molecule has 28 heavy (non-hydrogen) atoms. The topological polar surface area (TPSA) is 76.2 Å². The van der Waals surface area contributed by atoms with Gasteiger partial charge >= 0.3 is 12.1 Å². The number of methoxy groups -OCH3 is 1. The summed E-state index contributed by atoms with van der Waals surface area (Å²) in [5.74, 6) is -0.590. The Morgan fingerprint density at radius 2 is 1.93 bits per heavy atom. The van der Waals surface area contributed by atoms with Gasteiger partial charge < -0.3 is 19.3 Å². The first-order valence-corrected chi connectivity index (χ1v) is 9.65. The summed E-state index contributed by atoms with van der Waals surface area (Å²) in [6, 6.07) is 4.86. The lowest BCUT2D eigenvalue weighted by Crippen LogP contribution is -2.46. The Bertz CT molecular complexity index is 804. The highest BCUT2D eigenvalue weighted by Crippen LogP contribution is 2.36. The third-order valence-electron chi connectivity index (χ3n) is 5.06. The molecule has 1 aromatic carbocycles. The predicted molar refractivity (Wildman–Crippen MR) is 105 cm³/mol. The third-order valence-corrected chi connectivity index (χ3v) is 5.37. The Kier molecular flexibility index (Phi) is 5.57. The fourth-order valence-electron chi connectivity index (χ4n) is 3.74. The van der Waals surface area contributed by atoms with Crippen LogP contribution in [0, 0.1) is 11.8 Å². The van der Waals surface area contributed by atoms with Crippen molar-refractivity contribution in [3.8, 4) is 0 Å². The van der Waals surface area contributed by atoms with Crippen molar-refractivity contribution in [2.75, 3.05) is 31.6 Å². The zero-order chi connectivity index (χ0) is 20.6. The second-order valence-electron chi connectivity index (χ2n) is 8.19. The first-order valence-electron chi connectivity index (χ1n) is 9.28. The van der Waals surface area contributed by atoms with Gasteiger partial charge in [0.25, 0.3) is 0 Å². The van der Waals surface area contributed by atoms with Crippen LogP contribution in [0.3, 0.4) is 0 Å². The second kappa shape index (κ2) is 7.62. The molecule has 0 radical (unpaired) electrons. The standard InChI is InChI=1S/C20H25ClN2O5/c1-20(2,3)28-19(26)22-8-7-14-12(10-22)11-23(17(14)24)13-5-6-15(16(21)9-13)18(25)27-4/h5-6,9,12,14H,7-8,10-11H2,1-4H3/t12-,14-/m0/s1. The molecular weight excluding hydrogens is 384 g/mol. The van der Waals surface area contributed by atoms with Crippen LogP contribution in [0.2, 0.25) is 5.02 Å². The van der Waals surface area contributed by atoms with Gasteiger partial charge in [-0.15, -0.1) is 0 Å². The highest BCUT2D eigenvalue weighted by Gasteiger charge is 2.45. The van der Waals surface area contributed by atoms with Gasteiger partial charge in [-0.25, -0.2) is 9.59 Å². The van der Waals surface area contributed by atoms with Crippen LogP contribution >= 0.6 is 11.6 Å². The lowest BCUT2D eigenvalue weighted by atomic mass is 9.88. The zero-order valence-electron chi connectivity index (χ0n) is 16.5. The summed E-state index contributed by atoms with van der Waals surface area (Å²) in [4.78, 5) is 40.3. The van der Waals surface area contributed by atoms with Crippen molar-refractivity contribution in [1.82, 2.24) is 4.90 Å². The van der Waals surface area contributed by atoms with E-state index in [0.717, 1.165) is 0 Å². The molecule has 2 aliphatic rings. The molecule has 0 spiro atoms. The smallest absolute Gasteiger partial charge is 0.410 e. The van der Waals surface area contributed by atoms with E-state index in [4.69, 9.17) is 21.1 Å². The van der Waals surface area contributed by atoms with E-state index >= 15 is 0 Å². The fourth-order valence-corrected chi connectivity index (χ4v) is 3.99. The van der Waals surface area contributed by atoms with Crippen molar-refractivity contribution in [1.29, 1.82) is 0 Å². The second-order valence-corrected chi connectivity index (χ2v) is 8.59. The van der Waals surface area contributed by atoms with Crippen molar-refractivity contribution in [3.63, 3.8) is 0 Å². The van der Waals surface area contributed by atoms with Gasteiger partial charge in [0.05, 0.1) is 17.7 Å². The van der Waals surface area contributed by atoms with Crippen molar-refractivity contribution in [3.05, 3.63) is 28.8 Å². The number of anilines is 1. The predicted octanol–water partition coefficient (Wildman–Crippen LogP) is 3.35. The molecule has 7 nitrogen and oxygen atoms in total. The third kappa shape index (κ3) is 4.09. The minimum absolute atomic E-state index is 0.0238. The molecule has 1 aromatic rings. The highest BCUT2D eigenvalue weighted by molar-refractivity contribution is 6.34. The summed E-state index contributed by atoms with van der Waals surface area (Å²) in [7, 11) is 1.29. The molecule has 2 amide bonds. The van der Waals surface area contributed by atoms with Crippen molar-refractivity contribution < 1.29 is 23.9 Å². The van der Waals surface area contributed by atoms with Crippen LogP contribution in [0.4, 0.5) is 10.5 Å². The van der Waals surface area contributed by atoms with Crippen LogP contribution < -0.4 is 4.90 Å². The van der Waals surface area contributed by atoms with E-state index in [1.54, 1.807) is 28.0 Å². The molecule has 0 bridgehead atoms. The number of piperidine rings is 1. The molecule has 0 aliphatic carbocycles. The largest absolute Gasteiger partial charge is 0.465 e. The number of hydrogen-bond donors (Lipinski definition) is 0. The number of carbonyl (C=O) groups excluding carboxylic acids is 3. The summed E-state index contributed by atoms with van der Waals surface area (Å²) in [5.41, 5.74) is 0.345. The number of rotatable bonds is 2. The van der Waals surface area contributed by atoms with Gasteiger partial charge in [0.15, 0.2) is 0 Å². The Balaban J connectivity index is 1.73. The molecule has 0 saturated carbocycles. The molecule has 152 valence electrons. The van der Waals surface area contributed by atoms with Crippen molar-refractivity contribution >= 4 is 35.3 Å². The average molecular weight is 409 g/mol. The number of esters is 1. The molecule has 0 aromatic heterocycles. The van der Waals surface area contributed by atoms with Gasteiger partial charge in [-0.2, -0.15) is 0 Å². The van der Waals surface area contributed by atoms with E-state index in [2.05, 4.69) is 0 Å². The Morgan fingerprint density at radius 1 is 1.21 bits per heavy atom. The lowest BCUT2D eigenvalue weighted by Gasteiger charge is -2.34. The first-order chi connectivity index (χ1) is 13.1. The molecule has 3 rings (SSSR count). The SMILES string of the molecule is COC(=O)c1ccc(N2C[C@@H]3CN(C(=O)OC(C)(C)C)CC[C@@H]3C2=O)cc1Cl. The van der Waals surface area contributed by atoms with E-state index < -0.39 is 11.6 Å². The molecule has 2 saturated heterocycles. The minimum atomic E-state index is -0.552. The number of benzene rings is 1. The maximum atomic E-state index is 12.9. The summed E-state index contributed by atoms with van der Waals surface area (Å²) >= 11 is 6.20. The number of halogens is 1. The number of carbonyl (C=O) groups is 3. The summed E-state index contributed by atoms with van der Waals surface area (Å²) < 4.78 is 10.1. The minimum Gasteiger partial charge on any atom is -0.465 e. The zero-order valence-corrected chi connectivity index (χ0v) is 17.3. The first kappa shape index (κ1) is 20.5. The van der Waals surface area contributed by atoms with Crippen LogP contribution in [0.15, 0.2) is 18.2 Å². The maximum absolute atomic E-state index is 12.9. The van der Waals surface area contributed by atoms with Gasteiger partial charge in [0.2, 0.25) is 5.91 Å². The van der Waals surface area contributed by atoms with Gasteiger partial charge in [-0.3, -0.25) is 4.79 Å². The molecule has 2 fully saturated rings. The van der Waals surface area contributed by atoms with Crippen LogP contribution in [-0.4, -0.2) is 55.2 Å². The molecule has 2 atom stereocenters. The van der Waals surface area contributed by atoms with E-state index in [1.165, 1.54) is 7.11 Å². The van der Waals surface area contributed by atoms with Crippen molar-refractivity contribution in [2.45, 2.75) is 32.8 Å². The Hall–Kier alpha value is -2.28.